The van der Waals surface area contributed by atoms with Gasteiger partial charge < -0.3 is 19.7 Å². The zero-order valence-electron chi connectivity index (χ0n) is 22.5. The van der Waals surface area contributed by atoms with E-state index in [0.29, 0.717) is 6.42 Å². The van der Waals surface area contributed by atoms with Crippen molar-refractivity contribution in [2.45, 2.75) is 104 Å². The summed E-state index contributed by atoms with van der Waals surface area (Å²) in [6, 6.07) is 0. The largest absolute Gasteiger partial charge is 0.458 e. The van der Waals surface area contributed by atoms with E-state index in [1.807, 2.05) is 25.3 Å². The molecule has 10 heteroatoms. The highest BCUT2D eigenvalue weighted by molar-refractivity contribution is 7.15. The standard InChI is InChI=1S/C27H39N3O6S/c1-15-8-7-9-27(6)21(36-27)11-19(16(2)10-18-14-37-22-13-28-29-30(18)22)35-23(32)12-20(31)26(4,5)25(34)17(3)24(15)33/h10,13-15,17,19-21,24,31,33H,7-9,11-12H2,1-6H3/b16-10+. The minimum atomic E-state index is -1.25. The number of hydrogen-bond acceptors (Lipinski definition) is 9. The van der Waals surface area contributed by atoms with Gasteiger partial charge in [0, 0.05) is 17.7 Å². The van der Waals surface area contributed by atoms with E-state index in [1.54, 1.807) is 31.5 Å². The average Bonchev–Trinajstić information content (AvgIpc) is 3.16. The minimum absolute atomic E-state index is 0.0717. The molecule has 7 unspecified atom stereocenters. The van der Waals surface area contributed by atoms with Gasteiger partial charge in [-0.2, -0.15) is 0 Å². The summed E-state index contributed by atoms with van der Waals surface area (Å²) in [6.07, 6.45) is 3.51. The smallest absolute Gasteiger partial charge is 0.309 e. The fourth-order valence-corrected chi connectivity index (χ4v) is 6.13. The third-order valence-electron chi connectivity index (χ3n) is 8.35. The highest BCUT2D eigenvalue weighted by Gasteiger charge is 2.53. The zero-order chi connectivity index (χ0) is 27.1. The topological polar surface area (TPSA) is 127 Å². The second kappa shape index (κ2) is 10.6. The molecule has 9 nitrogen and oxygen atoms in total. The molecule has 2 aromatic heterocycles. The van der Waals surface area contributed by atoms with Crippen LogP contribution in [0.3, 0.4) is 0 Å². The Labute approximate surface area is 221 Å². The molecule has 0 radical (unpaired) electrons. The number of carbonyl (C=O) groups excluding carboxylic acids is 2. The number of cyclic esters (lactones) is 1. The molecule has 0 saturated carbocycles. The van der Waals surface area contributed by atoms with Gasteiger partial charge in [0.2, 0.25) is 0 Å². The van der Waals surface area contributed by atoms with Crippen LogP contribution in [0.2, 0.25) is 0 Å². The number of hydrogen-bond donors (Lipinski definition) is 2. The normalized spacial score (nSPS) is 36.3. The lowest BCUT2D eigenvalue weighted by Gasteiger charge is -2.34. The first kappa shape index (κ1) is 27.9. The summed E-state index contributed by atoms with van der Waals surface area (Å²) in [5, 5.41) is 31.8. The van der Waals surface area contributed by atoms with Crippen molar-refractivity contribution in [3.8, 4) is 0 Å². The third-order valence-corrected chi connectivity index (χ3v) is 9.23. The number of thiazole rings is 1. The molecular weight excluding hydrogens is 494 g/mol. The van der Waals surface area contributed by atoms with E-state index in [9.17, 15) is 19.8 Å². The number of Topliss-reactive ketones (excluding diaryl/α,β-unsaturated/α-hetero) is 1. The van der Waals surface area contributed by atoms with Gasteiger partial charge >= 0.3 is 5.97 Å². The molecule has 37 heavy (non-hydrogen) atoms. The van der Waals surface area contributed by atoms with Crippen molar-refractivity contribution in [3.63, 3.8) is 0 Å². The lowest BCUT2D eigenvalue weighted by Crippen LogP contribution is -2.45. The second-order valence-electron chi connectivity index (χ2n) is 11.6. The fraction of sp³-hybridized carbons (Fsp3) is 0.704. The minimum Gasteiger partial charge on any atom is -0.458 e. The van der Waals surface area contributed by atoms with Crippen LogP contribution in [0.1, 0.15) is 79.3 Å². The first-order chi connectivity index (χ1) is 17.3. The molecule has 2 aliphatic rings. The molecule has 2 saturated heterocycles. The Morgan fingerprint density at radius 2 is 1.97 bits per heavy atom. The first-order valence-corrected chi connectivity index (χ1v) is 14.0. The molecule has 2 N–H and O–H groups in total. The number of aliphatic hydroxyl groups is 2. The number of epoxide rings is 1. The maximum absolute atomic E-state index is 13.3. The van der Waals surface area contributed by atoms with Crippen LogP contribution in [-0.4, -0.2) is 66.8 Å². The molecule has 2 aromatic rings. The van der Waals surface area contributed by atoms with Crippen LogP contribution < -0.4 is 0 Å². The molecule has 0 bridgehead atoms. The van der Waals surface area contributed by atoms with Gasteiger partial charge in [-0.15, -0.1) is 16.4 Å². The maximum atomic E-state index is 13.3. The van der Waals surface area contributed by atoms with Crippen molar-refractivity contribution in [3.05, 3.63) is 22.8 Å². The summed E-state index contributed by atoms with van der Waals surface area (Å²) in [6.45, 7) is 10.9. The van der Waals surface area contributed by atoms with E-state index in [-0.39, 0.29) is 29.8 Å². The molecule has 7 atom stereocenters. The Kier molecular flexibility index (Phi) is 7.95. The Morgan fingerprint density at radius 1 is 1.24 bits per heavy atom. The highest BCUT2D eigenvalue weighted by Crippen LogP contribution is 2.45. The predicted molar refractivity (Wildman–Crippen MR) is 140 cm³/mol. The second-order valence-corrected chi connectivity index (χ2v) is 12.5. The van der Waals surface area contributed by atoms with Gasteiger partial charge in [0.15, 0.2) is 0 Å². The Hall–Kier alpha value is -2.14. The van der Waals surface area contributed by atoms with Crippen LogP contribution in [0.25, 0.3) is 10.9 Å². The van der Waals surface area contributed by atoms with Crippen molar-refractivity contribution in [2.24, 2.45) is 17.3 Å². The molecule has 2 aliphatic heterocycles. The van der Waals surface area contributed by atoms with E-state index < -0.39 is 35.6 Å². The molecule has 0 spiro atoms. The maximum Gasteiger partial charge on any atom is 0.309 e. The van der Waals surface area contributed by atoms with Crippen LogP contribution in [0.15, 0.2) is 17.2 Å². The molecule has 2 fully saturated rings. The van der Waals surface area contributed by atoms with Crippen LogP contribution in [0, 0.1) is 17.3 Å². The quantitative estimate of drug-likeness (QED) is 0.441. The zero-order valence-corrected chi connectivity index (χ0v) is 23.3. The molecule has 204 valence electrons. The number of esters is 1. The summed E-state index contributed by atoms with van der Waals surface area (Å²) in [7, 11) is 0. The predicted octanol–water partition coefficient (Wildman–Crippen LogP) is 3.82. The monoisotopic (exact) mass is 533 g/mol. The number of nitrogens with zero attached hydrogens (tertiary/aromatic N) is 3. The van der Waals surface area contributed by atoms with Gasteiger partial charge in [0.05, 0.1) is 47.6 Å². The number of aromatic nitrogens is 3. The Balaban J connectivity index is 1.59. The summed E-state index contributed by atoms with van der Waals surface area (Å²) in [4.78, 5) is 27.2. The molecule has 4 rings (SSSR count). The summed E-state index contributed by atoms with van der Waals surface area (Å²) in [5.41, 5.74) is 0.130. The summed E-state index contributed by atoms with van der Waals surface area (Å²) < 4.78 is 13.7. The van der Waals surface area contributed by atoms with Gasteiger partial charge in [0.25, 0.3) is 0 Å². The summed E-state index contributed by atoms with van der Waals surface area (Å²) >= 11 is 1.52. The van der Waals surface area contributed by atoms with E-state index in [2.05, 4.69) is 17.2 Å². The molecular formula is C27H39N3O6S. The molecule has 0 aliphatic carbocycles. The van der Waals surface area contributed by atoms with Crippen molar-refractivity contribution in [1.82, 2.24) is 14.8 Å². The lowest BCUT2D eigenvalue weighted by molar-refractivity contribution is -0.154. The first-order valence-electron chi connectivity index (χ1n) is 13.1. The van der Waals surface area contributed by atoms with Crippen LogP contribution in [-0.2, 0) is 19.1 Å². The van der Waals surface area contributed by atoms with E-state index in [1.165, 1.54) is 11.3 Å². The van der Waals surface area contributed by atoms with Crippen molar-refractivity contribution < 1.29 is 29.3 Å². The Bertz CT molecular complexity index is 1170. The molecule has 4 heterocycles. The van der Waals surface area contributed by atoms with Gasteiger partial charge in [-0.3, -0.25) is 9.59 Å². The SMILES string of the molecule is C/C(=C\c1csc2cnnn12)C1CC2OC2(C)CCCC(C)C(O)C(C)C(=O)C(C)(C)C(O)CC(=O)O1. The third kappa shape index (κ3) is 5.82. The van der Waals surface area contributed by atoms with Gasteiger partial charge in [-0.25, -0.2) is 4.52 Å². The van der Waals surface area contributed by atoms with E-state index in [4.69, 9.17) is 9.47 Å². The van der Waals surface area contributed by atoms with E-state index in [0.717, 1.165) is 35.4 Å². The number of fused-ring (bicyclic) bond motifs is 2. The molecule has 0 amide bonds. The average molecular weight is 534 g/mol. The van der Waals surface area contributed by atoms with Gasteiger partial charge in [0.1, 0.15) is 16.7 Å². The fourth-order valence-electron chi connectivity index (χ4n) is 5.37. The van der Waals surface area contributed by atoms with Crippen LogP contribution in [0.4, 0.5) is 0 Å². The lowest BCUT2D eigenvalue weighted by atomic mass is 9.73. The number of aliphatic hydroxyl groups excluding tert-OH is 2. The van der Waals surface area contributed by atoms with Crippen molar-refractivity contribution >= 4 is 34.0 Å². The number of ketones is 1. The molecule has 0 aromatic carbocycles. The van der Waals surface area contributed by atoms with Gasteiger partial charge in [-0.05, 0) is 44.3 Å². The van der Waals surface area contributed by atoms with Crippen LogP contribution >= 0.6 is 11.3 Å². The van der Waals surface area contributed by atoms with Crippen molar-refractivity contribution in [1.29, 1.82) is 0 Å². The van der Waals surface area contributed by atoms with E-state index >= 15 is 0 Å². The summed E-state index contributed by atoms with van der Waals surface area (Å²) in [5.74, 6) is -1.60. The number of ether oxygens (including phenoxy) is 2. The number of rotatable bonds is 2. The van der Waals surface area contributed by atoms with Crippen molar-refractivity contribution in [2.75, 3.05) is 0 Å². The highest BCUT2D eigenvalue weighted by atomic mass is 32.1. The van der Waals surface area contributed by atoms with Crippen LogP contribution in [0.5, 0.6) is 0 Å². The van der Waals surface area contributed by atoms with Gasteiger partial charge in [-0.1, -0.05) is 39.3 Å². The Morgan fingerprint density at radius 3 is 2.70 bits per heavy atom. The number of carbonyl (C=O) groups is 2.